The molecule has 6 atom stereocenters. The van der Waals surface area contributed by atoms with E-state index in [0.717, 1.165) is 53.9 Å². The van der Waals surface area contributed by atoms with Crippen LogP contribution in [-0.4, -0.2) is 81.4 Å². The van der Waals surface area contributed by atoms with E-state index in [1.165, 1.54) is 18.2 Å². The number of hydrogen-bond donors (Lipinski definition) is 2. The van der Waals surface area contributed by atoms with E-state index in [1.807, 2.05) is 56.0 Å². The van der Waals surface area contributed by atoms with Crippen molar-refractivity contribution < 1.29 is 39.0 Å². The first-order chi connectivity index (χ1) is 29.7. The maximum atomic E-state index is 14.6. The average Bonchev–Trinajstić information content (AvgIpc) is 3.26. The second-order valence-electron chi connectivity index (χ2n) is 16.0. The number of oxime groups is 1. The molecule has 1 aliphatic heterocycles. The zero-order valence-electron chi connectivity index (χ0n) is 35.6. The minimum Gasteiger partial charge on any atom is -0.487 e. The number of carbonyl (C=O) groups is 1. The Morgan fingerprint density at radius 3 is 2.54 bits per heavy atom. The van der Waals surface area contributed by atoms with E-state index in [4.69, 9.17) is 24.2 Å². The molecule has 3 aromatic rings. The lowest BCUT2D eigenvalue weighted by atomic mass is 9.55. The predicted molar refractivity (Wildman–Crippen MR) is 234 cm³/mol. The number of unbranched alkanes of at least 4 members (excludes halogenated alkanes) is 2. The highest BCUT2D eigenvalue weighted by Gasteiger charge is 2.65. The van der Waals surface area contributed by atoms with Gasteiger partial charge in [0.15, 0.2) is 0 Å². The maximum Gasteiger partial charge on any atom is 0.269 e. The zero-order chi connectivity index (χ0) is 43.4. The smallest absolute Gasteiger partial charge is 0.269 e. The normalized spacial score (nSPS) is 23.4. The summed E-state index contributed by atoms with van der Waals surface area (Å²) in [5.74, 6) is -0.864. The van der Waals surface area contributed by atoms with Crippen LogP contribution >= 0.6 is 0 Å². The molecule has 13 heteroatoms. The monoisotopic (exact) mass is 836 g/mol. The van der Waals surface area contributed by atoms with Gasteiger partial charge in [-0.15, -0.1) is 6.58 Å². The van der Waals surface area contributed by atoms with Crippen LogP contribution in [0.3, 0.4) is 0 Å². The molecule has 1 amide bonds. The summed E-state index contributed by atoms with van der Waals surface area (Å²) in [5.41, 5.74) is 4.97. The fourth-order valence-corrected chi connectivity index (χ4v) is 9.35. The van der Waals surface area contributed by atoms with Crippen molar-refractivity contribution in [3.05, 3.63) is 124 Å². The second kappa shape index (κ2) is 21.4. The molecule has 1 saturated carbocycles. The van der Waals surface area contributed by atoms with Crippen molar-refractivity contribution in [2.24, 2.45) is 22.9 Å². The van der Waals surface area contributed by atoms with E-state index in [2.05, 4.69) is 23.7 Å². The van der Waals surface area contributed by atoms with E-state index in [9.17, 15) is 25.1 Å². The Morgan fingerprint density at radius 2 is 1.85 bits per heavy atom. The van der Waals surface area contributed by atoms with Crippen molar-refractivity contribution in [2.75, 3.05) is 33.0 Å². The second-order valence-corrected chi connectivity index (χ2v) is 16.0. The average molecular weight is 837 g/mol. The summed E-state index contributed by atoms with van der Waals surface area (Å²) in [6.45, 7) is 11.2. The number of hydrogen-bond acceptors (Lipinski definition) is 11. The number of allylic oxidation sites excluding steroid dienone is 1. The molecule has 1 fully saturated rings. The fraction of sp³-hybridized carbons (Fsp3) is 0.479. The lowest BCUT2D eigenvalue weighted by Crippen LogP contribution is -2.70. The highest BCUT2D eigenvalue weighted by molar-refractivity contribution is 6.03. The third-order valence-electron chi connectivity index (χ3n) is 11.9. The van der Waals surface area contributed by atoms with Gasteiger partial charge in [0.1, 0.15) is 30.8 Å². The van der Waals surface area contributed by atoms with E-state index in [0.29, 0.717) is 49.5 Å². The van der Waals surface area contributed by atoms with Crippen LogP contribution < -0.4 is 9.47 Å². The highest BCUT2D eigenvalue weighted by atomic mass is 16.7. The van der Waals surface area contributed by atoms with Gasteiger partial charge in [-0.05, 0) is 117 Å². The van der Waals surface area contributed by atoms with Gasteiger partial charge in [-0.25, -0.2) is 0 Å². The Hall–Kier alpha value is -5.37. The first-order valence-electron chi connectivity index (χ1n) is 21.7. The first-order valence-corrected chi connectivity index (χ1v) is 21.7. The molecule has 13 nitrogen and oxygen atoms in total. The summed E-state index contributed by atoms with van der Waals surface area (Å²) in [6, 6.07) is 17.2. The molecule has 326 valence electrons. The van der Waals surface area contributed by atoms with Crippen molar-refractivity contribution >= 4 is 23.4 Å². The summed E-state index contributed by atoms with van der Waals surface area (Å²) in [6.07, 6.45) is 12.7. The summed E-state index contributed by atoms with van der Waals surface area (Å²) < 4.78 is 20.8. The molecule has 1 aromatic heterocycles. The quantitative estimate of drug-likeness (QED) is 0.0330. The van der Waals surface area contributed by atoms with E-state index in [1.54, 1.807) is 24.3 Å². The van der Waals surface area contributed by atoms with Crippen molar-refractivity contribution in [3.63, 3.8) is 0 Å². The molecule has 3 aliphatic rings. The summed E-state index contributed by atoms with van der Waals surface area (Å²) in [7, 11) is 0. The number of fused-ring (bicyclic) bond motifs is 2. The molecule has 2 aliphatic carbocycles. The van der Waals surface area contributed by atoms with Crippen LogP contribution in [-0.2, 0) is 21.0 Å². The number of ether oxygens (including phenoxy) is 3. The van der Waals surface area contributed by atoms with E-state index >= 15 is 0 Å². The Morgan fingerprint density at radius 1 is 1.08 bits per heavy atom. The molecule has 0 spiro atoms. The number of amides is 1. The summed E-state index contributed by atoms with van der Waals surface area (Å²) in [5, 5.41) is 35.9. The first kappa shape index (κ1) is 45.2. The molecule has 0 bridgehead atoms. The van der Waals surface area contributed by atoms with Gasteiger partial charge in [0, 0.05) is 61.6 Å². The van der Waals surface area contributed by atoms with Crippen LogP contribution in [0.15, 0.2) is 96.2 Å². The minimum atomic E-state index is -1.39. The lowest BCUT2D eigenvalue weighted by molar-refractivity contribution is -0.384. The number of pyridine rings is 1. The van der Waals surface area contributed by atoms with Crippen LogP contribution in [0.1, 0.15) is 93.6 Å². The molecular formula is C48H60N4O9. The van der Waals surface area contributed by atoms with Gasteiger partial charge in [0.05, 0.1) is 28.9 Å². The molecule has 0 radical (unpaired) electrons. The standard InChI is InChI=1S/C48H60N4O9/c1-5-25-51(45(55)24-19-34-17-20-37(21-18-34)52(56)57)44-31-42(50-60-7-3)40-29-35(14-8-10-26-53)39(16-9-11-27-54)46-41-30-38(58-32-36-15-12-13-33(4)49-36)22-23-43(41)61-48(44,47(40)46)59-28-6-2/h6,12-13,15,17-24,29-30,35,39,44,46-47,53-54H,2,5,7-11,14,16,25-28,31-32H2,1,3-4H3. The molecule has 0 saturated heterocycles. The van der Waals surface area contributed by atoms with Gasteiger partial charge in [0.25, 0.3) is 5.69 Å². The van der Waals surface area contributed by atoms with E-state index < -0.39 is 22.7 Å². The Bertz CT molecular complexity index is 2070. The predicted octanol–water partition coefficient (Wildman–Crippen LogP) is 8.48. The molecule has 2 aromatic carbocycles. The number of aromatic nitrogens is 1. The number of aliphatic hydroxyl groups is 2. The number of non-ortho nitro benzene ring substituents is 1. The molecule has 6 rings (SSSR count). The van der Waals surface area contributed by atoms with Crippen molar-refractivity contribution in [2.45, 2.75) is 96.5 Å². The van der Waals surface area contributed by atoms with Gasteiger partial charge >= 0.3 is 0 Å². The molecular weight excluding hydrogens is 777 g/mol. The number of nitrogens with zero attached hydrogens (tertiary/aromatic N) is 4. The number of nitro benzene ring substituents is 1. The number of benzene rings is 2. The Balaban J connectivity index is 1.52. The van der Waals surface area contributed by atoms with Crippen molar-refractivity contribution in [1.82, 2.24) is 9.88 Å². The lowest BCUT2D eigenvalue weighted by Gasteiger charge is -2.60. The van der Waals surface area contributed by atoms with E-state index in [-0.39, 0.29) is 62.2 Å². The molecule has 6 unspecified atom stereocenters. The van der Waals surface area contributed by atoms with Crippen LogP contribution in [0.5, 0.6) is 11.5 Å². The summed E-state index contributed by atoms with van der Waals surface area (Å²) >= 11 is 0. The van der Waals surface area contributed by atoms with Gasteiger partial charge in [-0.2, -0.15) is 0 Å². The SMILES string of the molecule is C=CCOC12Oc3ccc(OCc4cccc(C)n4)cc3C3C(CCCCO)C(CCCCO)C=C(C(=NOCC)CC1N(CCC)C(=O)C=Cc1ccc([N+](=O)[O-])cc1)C32. The number of nitro groups is 1. The minimum absolute atomic E-state index is 0.0337. The fourth-order valence-electron chi connectivity index (χ4n) is 9.35. The number of aryl methyl sites for hydroxylation is 1. The largest absolute Gasteiger partial charge is 0.487 e. The Kier molecular flexibility index (Phi) is 15.9. The number of carbonyl (C=O) groups excluding carboxylic acids is 1. The number of aliphatic hydroxyl groups excluding tert-OH is 2. The van der Waals surface area contributed by atoms with Crippen LogP contribution in [0.4, 0.5) is 5.69 Å². The van der Waals surface area contributed by atoms with Crippen LogP contribution in [0.25, 0.3) is 6.08 Å². The third kappa shape index (κ3) is 10.4. The van der Waals surface area contributed by atoms with Gasteiger partial charge in [-0.1, -0.05) is 43.1 Å². The summed E-state index contributed by atoms with van der Waals surface area (Å²) in [4.78, 5) is 37.8. The van der Waals surface area contributed by atoms with Gasteiger partial charge in [-0.3, -0.25) is 19.9 Å². The number of rotatable bonds is 22. The van der Waals surface area contributed by atoms with Crippen molar-refractivity contribution in [3.8, 4) is 11.5 Å². The maximum absolute atomic E-state index is 14.6. The Labute approximate surface area is 358 Å². The molecule has 61 heavy (non-hydrogen) atoms. The van der Waals surface area contributed by atoms with Crippen molar-refractivity contribution in [1.29, 1.82) is 0 Å². The zero-order valence-corrected chi connectivity index (χ0v) is 35.6. The topological polar surface area (TPSA) is 166 Å². The third-order valence-corrected chi connectivity index (χ3v) is 11.9. The molecule has 2 N–H and O–H groups in total. The van der Waals surface area contributed by atoms with Crippen LogP contribution in [0, 0.1) is 34.8 Å². The highest BCUT2D eigenvalue weighted by Crippen LogP contribution is 2.62. The molecule has 2 heterocycles. The van der Waals surface area contributed by atoms with Gasteiger partial charge < -0.3 is 34.2 Å². The van der Waals surface area contributed by atoms with Gasteiger partial charge in [0.2, 0.25) is 11.7 Å². The van der Waals surface area contributed by atoms with Crippen LogP contribution in [0.2, 0.25) is 0 Å².